The van der Waals surface area contributed by atoms with Gasteiger partial charge < -0.3 is 20.6 Å². The Labute approximate surface area is 158 Å². The number of hydrogen-bond donors (Lipinski definition) is 3. The fraction of sp³-hybridized carbons (Fsp3) is 0.350. The summed E-state index contributed by atoms with van der Waals surface area (Å²) in [5, 5.41) is 15.6. The molecule has 1 fully saturated rings. The second-order valence-electron chi connectivity index (χ2n) is 6.66. The number of aliphatic hydroxyl groups is 1. The Bertz CT molecular complexity index is 797. The molecule has 0 spiro atoms. The van der Waals surface area contributed by atoms with E-state index in [2.05, 4.69) is 15.6 Å². The van der Waals surface area contributed by atoms with E-state index in [4.69, 9.17) is 0 Å². The van der Waals surface area contributed by atoms with Crippen molar-refractivity contribution < 1.29 is 14.7 Å². The van der Waals surface area contributed by atoms with E-state index >= 15 is 0 Å². The molecule has 0 unspecified atom stereocenters. The number of rotatable bonds is 5. The number of likely N-dealkylation sites (tertiary alicyclic amines) is 1. The van der Waals surface area contributed by atoms with Crippen LogP contribution in [-0.4, -0.2) is 53.2 Å². The number of hydrogen-bond acceptors (Lipinski definition) is 4. The van der Waals surface area contributed by atoms with E-state index in [0.29, 0.717) is 13.1 Å². The summed E-state index contributed by atoms with van der Waals surface area (Å²) in [7, 11) is 1.56. The smallest absolute Gasteiger partial charge is 0.317 e. The molecule has 0 radical (unpaired) electrons. The Morgan fingerprint density at radius 3 is 2.67 bits per heavy atom. The predicted octanol–water partition coefficient (Wildman–Crippen LogP) is 1.39. The molecule has 1 saturated heterocycles. The largest absolute Gasteiger partial charge is 0.391 e. The third kappa shape index (κ3) is 4.62. The highest BCUT2D eigenvalue weighted by atomic mass is 16.3. The molecule has 1 aromatic carbocycles. The Morgan fingerprint density at radius 1 is 1.19 bits per heavy atom. The summed E-state index contributed by atoms with van der Waals surface area (Å²) in [5.74, 6) is -0.368. The number of amides is 3. The van der Waals surface area contributed by atoms with Crippen LogP contribution in [0.2, 0.25) is 0 Å². The van der Waals surface area contributed by atoms with Crippen LogP contribution in [0.5, 0.6) is 0 Å². The lowest BCUT2D eigenvalue weighted by atomic mass is 10.0. The molecular formula is C20H24N4O3. The number of carbonyl (C=O) groups is 2. The molecule has 2 atom stereocenters. The summed E-state index contributed by atoms with van der Waals surface area (Å²) >= 11 is 0. The number of carbonyl (C=O) groups excluding carboxylic acids is 2. The average molecular weight is 368 g/mol. The van der Waals surface area contributed by atoms with Crippen LogP contribution in [0.4, 0.5) is 4.79 Å². The molecule has 142 valence electrons. The standard InChI is InChI=1S/C20H24N4O3/c1-21-19(26)10-16-12-24(13-18(16)25)20(27)23-11-15-4-2-3-5-17(15)14-6-8-22-9-7-14/h2-9,16,18,25H,10-13H2,1H3,(H,21,26)(H,23,27)/t16-,18-/m1/s1. The molecule has 1 aromatic heterocycles. The van der Waals surface area contributed by atoms with Gasteiger partial charge >= 0.3 is 6.03 Å². The summed E-state index contributed by atoms with van der Waals surface area (Å²) in [6, 6.07) is 11.5. The number of benzene rings is 1. The van der Waals surface area contributed by atoms with Gasteiger partial charge in [-0.05, 0) is 28.8 Å². The van der Waals surface area contributed by atoms with Gasteiger partial charge in [-0.15, -0.1) is 0 Å². The van der Waals surface area contributed by atoms with Gasteiger partial charge in [0.2, 0.25) is 5.91 Å². The zero-order chi connectivity index (χ0) is 19.2. The van der Waals surface area contributed by atoms with E-state index in [1.165, 1.54) is 0 Å². The van der Waals surface area contributed by atoms with Gasteiger partial charge in [-0.1, -0.05) is 24.3 Å². The normalized spacial score (nSPS) is 19.0. The Morgan fingerprint density at radius 2 is 1.93 bits per heavy atom. The fourth-order valence-electron chi connectivity index (χ4n) is 3.33. The lowest BCUT2D eigenvalue weighted by Gasteiger charge is -2.18. The highest BCUT2D eigenvalue weighted by Gasteiger charge is 2.35. The SMILES string of the molecule is CNC(=O)C[C@@H]1CN(C(=O)NCc2ccccc2-c2ccncc2)C[C@H]1O. The quantitative estimate of drug-likeness (QED) is 0.743. The Kier molecular flexibility index (Phi) is 6.03. The minimum Gasteiger partial charge on any atom is -0.391 e. The molecule has 27 heavy (non-hydrogen) atoms. The third-order valence-electron chi connectivity index (χ3n) is 4.86. The van der Waals surface area contributed by atoms with Crippen molar-refractivity contribution in [2.75, 3.05) is 20.1 Å². The van der Waals surface area contributed by atoms with Gasteiger partial charge in [0.25, 0.3) is 0 Å². The molecule has 0 saturated carbocycles. The average Bonchev–Trinajstić information content (AvgIpc) is 3.07. The fourth-order valence-corrected chi connectivity index (χ4v) is 3.33. The number of nitrogens with one attached hydrogen (secondary N) is 2. The van der Waals surface area contributed by atoms with Crippen molar-refractivity contribution in [2.45, 2.75) is 19.1 Å². The molecule has 3 N–H and O–H groups in total. The van der Waals surface area contributed by atoms with Gasteiger partial charge in [-0.2, -0.15) is 0 Å². The number of aromatic nitrogens is 1. The van der Waals surface area contributed by atoms with Gasteiger partial charge in [-0.3, -0.25) is 9.78 Å². The highest BCUT2D eigenvalue weighted by molar-refractivity contribution is 5.77. The molecule has 1 aliphatic heterocycles. The van der Waals surface area contributed by atoms with Crippen molar-refractivity contribution in [3.05, 3.63) is 54.4 Å². The first-order chi connectivity index (χ1) is 13.1. The van der Waals surface area contributed by atoms with Crippen LogP contribution in [0.1, 0.15) is 12.0 Å². The number of nitrogens with zero attached hydrogens (tertiary/aromatic N) is 2. The van der Waals surface area contributed by atoms with Crippen molar-refractivity contribution in [1.82, 2.24) is 20.5 Å². The van der Waals surface area contributed by atoms with Gasteiger partial charge in [-0.25, -0.2) is 4.79 Å². The molecule has 0 aliphatic carbocycles. The van der Waals surface area contributed by atoms with Gasteiger partial charge in [0, 0.05) is 51.4 Å². The second-order valence-corrected chi connectivity index (χ2v) is 6.66. The van der Waals surface area contributed by atoms with E-state index in [9.17, 15) is 14.7 Å². The maximum absolute atomic E-state index is 12.5. The zero-order valence-corrected chi connectivity index (χ0v) is 15.3. The van der Waals surface area contributed by atoms with E-state index in [1.54, 1.807) is 24.3 Å². The third-order valence-corrected chi connectivity index (χ3v) is 4.86. The maximum atomic E-state index is 12.5. The van der Waals surface area contributed by atoms with E-state index in [1.807, 2.05) is 36.4 Å². The zero-order valence-electron chi connectivity index (χ0n) is 15.3. The molecule has 2 aromatic rings. The molecule has 2 heterocycles. The first kappa shape index (κ1) is 18.8. The van der Waals surface area contributed by atoms with Crippen LogP contribution in [-0.2, 0) is 11.3 Å². The molecular weight excluding hydrogens is 344 g/mol. The minimum absolute atomic E-state index is 0.132. The van der Waals surface area contributed by atoms with Crippen molar-refractivity contribution in [3.8, 4) is 11.1 Å². The van der Waals surface area contributed by atoms with Gasteiger partial charge in [0.1, 0.15) is 0 Å². The van der Waals surface area contributed by atoms with Crippen molar-refractivity contribution in [1.29, 1.82) is 0 Å². The van der Waals surface area contributed by atoms with Crippen molar-refractivity contribution in [3.63, 3.8) is 0 Å². The summed E-state index contributed by atoms with van der Waals surface area (Å²) in [4.78, 5) is 29.6. The Hall–Kier alpha value is -2.93. The van der Waals surface area contributed by atoms with Crippen molar-refractivity contribution >= 4 is 11.9 Å². The lowest BCUT2D eigenvalue weighted by molar-refractivity contribution is -0.122. The molecule has 1 aliphatic rings. The molecule has 0 bridgehead atoms. The monoisotopic (exact) mass is 368 g/mol. The number of aliphatic hydroxyl groups excluding tert-OH is 1. The summed E-state index contributed by atoms with van der Waals surface area (Å²) in [5.41, 5.74) is 3.08. The number of β-amino-alcohol motifs (C(OH)–C–C–N with tert-alkyl or cyclic N) is 1. The van der Waals surface area contributed by atoms with Crippen LogP contribution in [0.3, 0.4) is 0 Å². The van der Waals surface area contributed by atoms with E-state index in [-0.39, 0.29) is 30.8 Å². The minimum atomic E-state index is -0.683. The molecule has 3 rings (SSSR count). The molecule has 7 nitrogen and oxygen atoms in total. The Balaban J connectivity index is 1.61. The van der Waals surface area contributed by atoms with Crippen LogP contribution in [0, 0.1) is 5.92 Å². The number of pyridine rings is 1. The molecule has 3 amide bonds. The summed E-state index contributed by atoms with van der Waals surface area (Å²) in [6.45, 7) is 0.982. The maximum Gasteiger partial charge on any atom is 0.317 e. The molecule has 7 heteroatoms. The van der Waals surface area contributed by atoms with Crippen LogP contribution in [0.15, 0.2) is 48.8 Å². The van der Waals surface area contributed by atoms with Gasteiger partial charge in [0.05, 0.1) is 6.10 Å². The number of urea groups is 1. The van der Waals surface area contributed by atoms with E-state index in [0.717, 1.165) is 16.7 Å². The predicted molar refractivity (Wildman–Crippen MR) is 102 cm³/mol. The lowest BCUT2D eigenvalue weighted by Crippen LogP contribution is -2.38. The summed E-state index contributed by atoms with van der Waals surface area (Å²) < 4.78 is 0. The van der Waals surface area contributed by atoms with Crippen LogP contribution in [0.25, 0.3) is 11.1 Å². The van der Waals surface area contributed by atoms with E-state index < -0.39 is 6.10 Å². The first-order valence-corrected chi connectivity index (χ1v) is 8.98. The first-order valence-electron chi connectivity index (χ1n) is 8.98. The van der Waals surface area contributed by atoms with Crippen molar-refractivity contribution in [2.24, 2.45) is 5.92 Å². The second kappa shape index (κ2) is 8.64. The van der Waals surface area contributed by atoms with Gasteiger partial charge in [0.15, 0.2) is 0 Å². The highest BCUT2D eigenvalue weighted by Crippen LogP contribution is 2.23. The topological polar surface area (TPSA) is 94.6 Å². The van der Waals surface area contributed by atoms with Crippen LogP contribution < -0.4 is 10.6 Å². The van der Waals surface area contributed by atoms with Crippen LogP contribution >= 0.6 is 0 Å². The summed E-state index contributed by atoms with van der Waals surface area (Å²) in [6.07, 6.45) is 3.01.